The van der Waals surface area contributed by atoms with Crippen LogP contribution in [0.25, 0.3) is 0 Å². The molecule has 1 saturated heterocycles. The molecule has 88 valence electrons. The molecular weight excluding hydrogens is 194 g/mol. The van der Waals surface area contributed by atoms with Gasteiger partial charge in [0.2, 0.25) is 5.91 Å². The van der Waals surface area contributed by atoms with Crippen LogP contribution in [0.2, 0.25) is 0 Å². The van der Waals surface area contributed by atoms with Gasteiger partial charge in [0.25, 0.3) is 0 Å². The summed E-state index contributed by atoms with van der Waals surface area (Å²) in [5.74, 6) is 4.91. The monoisotopic (exact) mass is 215 g/mol. The van der Waals surface area contributed by atoms with Crippen LogP contribution in [0.5, 0.6) is 0 Å². The van der Waals surface area contributed by atoms with Gasteiger partial charge in [-0.15, -0.1) is 0 Å². The van der Waals surface area contributed by atoms with Crippen LogP contribution < -0.4 is 11.3 Å². The van der Waals surface area contributed by atoms with Gasteiger partial charge in [0.05, 0.1) is 12.2 Å². The molecule has 1 amide bonds. The normalized spacial score (nSPS) is 27.7. The summed E-state index contributed by atoms with van der Waals surface area (Å²) in [7, 11) is 0. The molecule has 1 heterocycles. The SMILES string of the molecule is C[C@H]1CN(CCCC(=O)NN)C[C@H](C)O1. The van der Waals surface area contributed by atoms with Crippen molar-refractivity contribution < 1.29 is 9.53 Å². The minimum absolute atomic E-state index is 0.0932. The highest BCUT2D eigenvalue weighted by Crippen LogP contribution is 2.11. The van der Waals surface area contributed by atoms with E-state index in [9.17, 15) is 4.79 Å². The molecule has 5 nitrogen and oxygen atoms in total. The van der Waals surface area contributed by atoms with Crippen molar-refractivity contribution in [1.29, 1.82) is 0 Å². The van der Waals surface area contributed by atoms with Crippen LogP contribution in [0.15, 0.2) is 0 Å². The molecule has 0 unspecified atom stereocenters. The van der Waals surface area contributed by atoms with Gasteiger partial charge < -0.3 is 4.74 Å². The van der Waals surface area contributed by atoms with E-state index < -0.39 is 0 Å². The lowest BCUT2D eigenvalue weighted by atomic mass is 10.2. The second kappa shape index (κ2) is 6.05. The smallest absolute Gasteiger partial charge is 0.233 e. The van der Waals surface area contributed by atoms with E-state index in [0.29, 0.717) is 6.42 Å². The van der Waals surface area contributed by atoms with E-state index in [2.05, 4.69) is 24.2 Å². The second-order valence-corrected chi connectivity index (χ2v) is 4.19. The van der Waals surface area contributed by atoms with E-state index in [1.165, 1.54) is 0 Å². The summed E-state index contributed by atoms with van der Waals surface area (Å²) in [6.45, 7) is 7.00. The highest BCUT2D eigenvalue weighted by molar-refractivity contribution is 5.75. The maximum atomic E-state index is 10.9. The number of ether oxygens (including phenoxy) is 1. The first kappa shape index (κ1) is 12.4. The summed E-state index contributed by atoms with van der Waals surface area (Å²) in [4.78, 5) is 13.2. The van der Waals surface area contributed by atoms with Crippen molar-refractivity contribution in [3.05, 3.63) is 0 Å². The molecule has 0 radical (unpaired) electrons. The highest BCUT2D eigenvalue weighted by Gasteiger charge is 2.21. The van der Waals surface area contributed by atoms with Crippen molar-refractivity contribution in [3.63, 3.8) is 0 Å². The third kappa shape index (κ3) is 4.59. The van der Waals surface area contributed by atoms with Gasteiger partial charge in [-0.25, -0.2) is 5.84 Å². The van der Waals surface area contributed by atoms with Crippen LogP contribution in [-0.2, 0) is 9.53 Å². The molecule has 0 bridgehead atoms. The highest BCUT2D eigenvalue weighted by atomic mass is 16.5. The third-order valence-corrected chi connectivity index (χ3v) is 2.53. The molecule has 1 aliphatic heterocycles. The molecular formula is C10H21N3O2. The predicted octanol–water partition coefficient (Wildman–Crippen LogP) is -0.134. The minimum atomic E-state index is -0.0932. The number of carbonyl (C=O) groups is 1. The Balaban J connectivity index is 2.17. The van der Waals surface area contributed by atoms with Crippen LogP contribution in [-0.4, -0.2) is 42.6 Å². The number of nitrogens with one attached hydrogen (secondary N) is 1. The van der Waals surface area contributed by atoms with E-state index in [1.807, 2.05) is 0 Å². The van der Waals surface area contributed by atoms with Crippen molar-refractivity contribution in [3.8, 4) is 0 Å². The van der Waals surface area contributed by atoms with E-state index >= 15 is 0 Å². The van der Waals surface area contributed by atoms with Crippen molar-refractivity contribution in [1.82, 2.24) is 10.3 Å². The molecule has 0 aromatic heterocycles. The lowest BCUT2D eigenvalue weighted by Gasteiger charge is -2.35. The van der Waals surface area contributed by atoms with Gasteiger partial charge in [0, 0.05) is 19.5 Å². The summed E-state index contributed by atoms with van der Waals surface area (Å²) >= 11 is 0. The Morgan fingerprint density at radius 2 is 2.07 bits per heavy atom. The molecule has 0 aromatic carbocycles. The Hall–Kier alpha value is -0.650. The summed E-state index contributed by atoms with van der Waals surface area (Å²) in [6, 6.07) is 0. The van der Waals surface area contributed by atoms with Crippen LogP contribution in [0.1, 0.15) is 26.7 Å². The van der Waals surface area contributed by atoms with Gasteiger partial charge in [-0.05, 0) is 26.8 Å². The van der Waals surface area contributed by atoms with Crippen LogP contribution in [0.3, 0.4) is 0 Å². The molecule has 0 spiro atoms. The van der Waals surface area contributed by atoms with Crippen molar-refractivity contribution in [2.45, 2.75) is 38.9 Å². The number of morpholine rings is 1. The lowest BCUT2D eigenvalue weighted by Crippen LogP contribution is -2.45. The number of hydrazine groups is 1. The van der Waals surface area contributed by atoms with Gasteiger partial charge >= 0.3 is 0 Å². The zero-order chi connectivity index (χ0) is 11.3. The maximum Gasteiger partial charge on any atom is 0.233 e. The Kier molecular flexibility index (Phi) is 5.01. The molecule has 0 aromatic rings. The summed E-state index contributed by atoms with van der Waals surface area (Å²) in [6.07, 6.45) is 1.92. The van der Waals surface area contributed by atoms with Gasteiger partial charge in [0.15, 0.2) is 0 Å². The molecule has 1 fully saturated rings. The number of carbonyl (C=O) groups excluding carboxylic acids is 1. The molecule has 2 atom stereocenters. The molecule has 15 heavy (non-hydrogen) atoms. The van der Waals surface area contributed by atoms with E-state index in [0.717, 1.165) is 26.1 Å². The number of nitrogens with zero attached hydrogens (tertiary/aromatic N) is 1. The average molecular weight is 215 g/mol. The van der Waals surface area contributed by atoms with Crippen LogP contribution in [0, 0.1) is 0 Å². The van der Waals surface area contributed by atoms with Crippen molar-refractivity contribution in [2.24, 2.45) is 5.84 Å². The number of rotatable bonds is 4. The molecule has 1 rings (SSSR count). The fourth-order valence-electron chi connectivity index (χ4n) is 2.00. The number of hydrogen-bond acceptors (Lipinski definition) is 4. The fraction of sp³-hybridized carbons (Fsp3) is 0.900. The van der Waals surface area contributed by atoms with E-state index in [4.69, 9.17) is 10.6 Å². The number of nitrogens with two attached hydrogens (primary N) is 1. The summed E-state index contributed by atoms with van der Waals surface area (Å²) in [5, 5.41) is 0. The maximum absolute atomic E-state index is 10.9. The van der Waals surface area contributed by atoms with Gasteiger partial charge in [-0.3, -0.25) is 15.1 Å². The molecule has 0 aliphatic carbocycles. The first-order chi connectivity index (χ1) is 7.11. The van der Waals surface area contributed by atoms with Gasteiger partial charge in [0.1, 0.15) is 0 Å². The molecule has 3 N–H and O–H groups in total. The minimum Gasteiger partial charge on any atom is -0.373 e. The van der Waals surface area contributed by atoms with Crippen molar-refractivity contribution in [2.75, 3.05) is 19.6 Å². The van der Waals surface area contributed by atoms with Gasteiger partial charge in [-0.2, -0.15) is 0 Å². The topological polar surface area (TPSA) is 67.6 Å². The standard InChI is InChI=1S/C10H21N3O2/c1-8-6-13(7-9(2)15-8)5-3-4-10(14)12-11/h8-9H,3-7,11H2,1-2H3,(H,12,14)/t8-,9-/m0/s1. The number of amides is 1. The zero-order valence-electron chi connectivity index (χ0n) is 9.53. The van der Waals surface area contributed by atoms with Crippen LogP contribution in [0.4, 0.5) is 0 Å². The molecule has 5 heteroatoms. The summed E-state index contributed by atoms with van der Waals surface area (Å²) < 4.78 is 5.62. The van der Waals surface area contributed by atoms with Crippen LogP contribution >= 0.6 is 0 Å². The van der Waals surface area contributed by atoms with Crippen molar-refractivity contribution >= 4 is 5.91 Å². The lowest BCUT2D eigenvalue weighted by molar-refractivity contribution is -0.121. The molecule has 1 aliphatic rings. The molecule has 0 saturated carbocycles. The Morgan fingerprint density at radius 1 is 1.47 bits per heavy atom. The first-order valence-corrected chi connectivity index (χ1v) is 5.49. The summed E-state index contributed by atoms with van der Waals surface area (Å²) in [5.41, 5.74) is 2.14. The number of hydrogen-bond donors (Lipinski definition) is 2. The third-order valence-electron chi connectivity index (χ3n) is 2.53. The van der Waals surface area contributed by atoms with E-state index in [1.54, 1.807) is 0 Å². The average Bonchev–Trinajstić information content (AvgIpc) is 2.16. The Bertz CT molecular complexity index is 201. The zero-order valence-corrected chi connectivity index (χ0v) is 9.53. The Labute approximate surface area is 90.9 Å². The van der Waals surface area contributed by atoms with Gasteiger partial charge in [-0.1, -0.05) is 0 Å². The second-order valence-electron chi connectivity index (χ2n) is 4.19. The quantitative estimate of drug-likeness (QED) is 0.389. The predicted molar refractivity (Wildman–Crippen MR) is 58.0 cm³/mol. The fourth-order valence-corrected chi connectivity index (χ4v) is 2.00. The Morgan fingerprint density at radius 3 is 2.60 bits per heavy atom. The van der Waals surface area contributed by atoms with E-state index in [-0.39, 0.29) is 18.1 Å². The first-order valence-electron chi connectivity index (χ1n) is 5.49. The largest absolute Gasteiger partial charge is 0.373 e.